The molecular formula is C13H12Cl2N2. The molecule has 0 spiro atoms. The van der Waals surface area contributed by atoms with Crippen LogP contribution in [-0.4, -0.2) is 9.97 Å². The zero-order chi connectivity index (χ0) is 12.4. The first kappa shape index (κ1) is 12.3. The van der Waals surface area contributed by atoms with Crippen molar-refractivity contribution in [3.8, 4) is 11.1 Å². The molecule has 0 bridgehead atoms. The third-order valence-corrected chi connectivity index (χ3v) is 3.17. The lowest BCUT2D eigenvalue weighted by atomic mass is 9.98. The summed E-state index contributed by atoms with van der Waals surface area (Å²) in [6.07, 6.45) is 3.50. The first-order valence-corrected chi connectivity index (χ1v) is 6.11. The molecule has 0 aliphatic carbocycles. The van der Waals surface area contributed by atoms with E-state index in [4.69, 9.17) is 23.2 Å². The van der Waals surface area contributed by atoms with Crippen LogP contribution in [0.1, 0.15) is 25.5 Å². The van der Waals surface area contributed by atoms with Crippen molar-refractivity contribution in [1.82, 2.24) is 9.97 Å². The molecule has 2 heterocycles. The second kappa shape index (κ2) is 5.03. The summed E-state index contributed by atoms with van der Waals surface area (Å²) in [6.45, 7) is 4.16. The molecule has 4 heteroatoms. The van der Waals surface area contributed by atoms with Gasteiger partial charge in [0.15, 0.2) is 0 Å². The summed E-state index contributed by atoms with van der Waals surface area (Å²) in [4.78, 5) is 8.37. The van der Waals surface area contributed by atoms with Gasteiger partial charge in [-0.1, -0.05) is 37.0 Å². The Morgan fingerprint density at radius 3 is 2.35 bits per heavy atom. The van der Waals surface area contributed by atoms with Crippen molar-refractivity contribution in [1.29, 1.82) is 0 Å². The Hall–Kier alpha value is -1.12. The molecule has 0 N–H and O–H groups in total. The van der Waals surface area contributed by atoms with Crippen LogP contribution in [0.15, 0.2) is 30.6 Å². The van der Waals surface area contributed by atoms with Crippen molar-refractivity contribution in [2.45, 2.75) is 19.8 Å². The highest BCUT2D eigenvalue weighted by molar-refractivity contribution is 6.41. The van der Waals surface area contributed by atoms with Gasteiger partial charge in [0.1, 0.15) is 5.15 Å². The lowest BCUT2D eigenvalue weighted by Crippen LogP contribution is -1.98. The Balaban J connectivity index is 2.64. The van der Waals surface area contributed by atoms with Crippen molar-refractivity contribution in [2.75, 3.05) is 0 Å². The number of rotatable bonds is 2. The molecular weight excluding hydrogens is 255 g/mol. The molecule has 0 aromatic carbocycles. The van der Waals surface area contributed by atoms with Crippen LogP contribution >= 0.6 is 23.2 Å². The molecule has 88 valence electrons. The number of pyridine rings is 2. The minimum atomic E-state index is 0.285. The predicted molar refractivity (Wildman–Crippen MR) is 71.6 cm³/mol. The van der Waals surface area contributed by atoms with E-state index in [0.29, 0.717) is 10.2 Å². The van der Waals surface area contributed by atoms with E-state index in [9.17, 15) is 0 Å². The summed E-state index contributed by atoms with van der Waals surface area (Å²) >= 11 is 12.0. The Morgan fingerprint density at radius 2 is 1.76 bits per heavy atom. The molecule has 2 aromatic rings. The Morgan fingerprint density at radius 1 is 1.12 bits per heavy atom. The van der Waals surface area contributed by atoms with E-state index in [1.165, 1.54) is 0 Å². The highest BCUT2D eigenvalue weighted by Gasteiger charge is 2.13. The number of hydrogen-bond acceptors (Lipinski definition) is 2. The molecule has 2 aromatic heterocycles. The topological polar surface area (TPSA) is 25.8 Å². The highest BCUT2D eigenvalue weighted by Crippen LogP contribution is 2.32. The minimum Gasteiger partial charge on any atom is -0.265 e. The van der Waals surface area contributed by atoms with Gasteiger partial charge >= 0.3 is 0 Å². The SMILES string of the molecule is CC(C)c1nc(Cl)c(Cl)cc1-c1ccncc1. The maximum absolute atomic E-state index is 6.03. The predicted octanol–water partition coefficient (Wildman–Crippen LogP) is 4.57. The normalized spacial score (nSPS) is 10.9. The standard InChI is InChI=1S/C13H12Cl2N2/c1-8(2)12-10(7-11(14)13(15)17-12)9-3-5-16-6-4-9/h3-8H,1-2H3. The fraction of sp³-hybridized carbons (Fsp3) is 0.231. The smallest absolute Gasteiger partial charge is 0.147 e. The van der Waals surface area contributed by atoms with Crippen LogP contribution in [0.2, 0.25) is 10.2 Å². The first-order valence-electron chi connectivity index (χ1n) is 5.36. The first-order chi connectivity index (χ1) is 8.09. The molecule has 0 fully saturated rings. The van der Waals surface area contributed by atoms with E-state index in [-0.39, 0.29) is 5.92 Å². The maximum Gasteiger partial charge on any atom is 0.147 e. The van der Waals surface area contributed by atoms with Gasteiger partial charge in [-0.3, -0.25) is 4.98 Å². The molecule has 0 radical (unpaired) electrons. The Labute approximate surface area is 111 Å². The number of hydrogen-bond donors (Lipinski definition) is 0. The zero-order valence-corrected chi connectivity index (χ0v) is 11.1. The second-order valence-corrected chi connectivity index (χ2v) is 4.85. The van der Waals surface area contributed by atoms with Gasteiger partial charge < -0.3 is 0 Å². The van der Waals surface area contributed by atoms with Crippen LogP contribution in [-0.2, 0) is 0 Å². The van der Waals surface area contributed by atoms with Crippen LogP contribution in [0.5, 0.6) is 0 Å². The van der Waals surface area contributed by atoms with Gasteiger partial charge in [0.25, 0.3) is 0 Å². The maximum atomic E-state index is 6.03. The Kier molecular flexibility index (Phi) is 3.65. The van der Waals surface area contributed by atoms with E-state index in [1.54, 1.807) is 12.4 Å². The van der Waals surface area contributed by atoms with E-state index in [2.05, 4.69) is 23.8 Å². The molecule has 0 saturated heterocycles. The Bertz CT molecular complexity index is 524. The fourth-order valence-electron chi connectivity index (χ4n) is 1.68. The summed E-state index contributed by atoms with van der Waals surface area (Å²) in [7, 11) is 0. The monoisotopic (exact) mass is 266 g/mol. The summed E-state index contributed by atoms with van der Waals surface area (Å²) in [5, 5.41) is 0.830. The van der Waals surface area contributed by atoms with Crippen molar-refractivity contribution < 1.29 is 0 Å². The zero-order valence-electron chi connectivity index (χ0n) is 9.61. The lowest BCUT2D eigenvalue weighted by Gasteiger charge is -2.13. The van der Waals surface area contributed by atoms with Crippen LogP contribution in [0.4, 0.5) is 0 Å². The molecule has 0 aliphatic heterocycles. The van der Waals surface area contributed by atoms with Crippen molar-refractivity contribution in [3.63, 3.8) is 0 Å². The molecule has 0 unspecified atom stereocenters. The molecule has 2 rings (SSSR count). The third kappa shape index (κ3) is 2.59. The summed E-state index contributed by atoms with van der Waals surface area (Å²) in [6, 6.07) is 5.74. The molecule has 0 atom stereocenters. The van der Waals surface area contributed by atoms with Gasteiger partial charge in [-0.05, 0) is 29.7 Å². The van der Waals surface area contributed by atoms with Crippen LogP contribution in [0.25, 0.3) is 11.1 Å². The van der Waals surface area contributed by atoms with Gasteiger partial charge in [-0.2, -0.15) is 0 Å². The van der Waals surface area contributed by atoms with Crippen molar-refractivity contribution in [2.24, 2.45) is 0 Å². The highest BCUT2D eigenvalue weighted by atomic mass is 35.5. The minimum absolute atomic E-state index is 0.285. The lowest BCUT2D eigenvalue weighted by molar-refractivity contribution is 0.826. The van der Waals surface area contributed by atoms with Crippen molar-refractivity contribution >= 4 is 23.2 Å². The fourth-order valence-corrected chi connectivity index (χ4v) is 1.98. The number of nitrogens with zero attached hydrogens (tertiary/aromatic N) is 2. The third-order valence-electron chi connectivity index (χ3n) is 2.50. The molecule has 2 nitrogen and oxygen atoms in total. The van der Waals surface area contributed by atoms with Crippen molar-refractivity contribution in [3.05, 3.63) is 46.5 Å². The average molecular weight is 267 g/mol. The summed E-state index contributed by atoms with van der Waals surface area (Å²) < 4.78 is 0. The summed E-state index contributed by atoms with van der Waals surface area (Å²) in [5.74, 6) is 0.285. The molecule has 0 aliphatic rings. The van der Waals surface area contributed by atoms with Crippen LogP contribution < -0.4 is 0 Å². The number of aromatic nitrogens is 2. The summed E-state index contributed by atoms with van der Waals surface area (Å²) in [5.41, 5.74) is 3.01. The molecule has 17 heavy (non-hydrogen) atoms. The van der Waals surface area contributed by atoms with Gasteiger partial charge in [-0.15, -0.1) is 0 Å². The molecule has 0 amide bonds. The van der Waals surface area contributed by atoms with Gasteiger partial charge in [-0.25, -0.2) is 4.98 Å². The van der Waals surface area contributed by atoms with Gasteiger partial charge in [0.05, 0.1) is 10.7 Å². The van der Waals surface area contributed by atoms with Gasteiger partial charge in [0, 0.05) is 18.0 Å². The number of halogens is 2. The van der Waals surface area contributed by atoms with E-state index in [0.717, 1.165) is 16.8 Å². The van der Waals surface area contributed by atoms with Crippen LogP contribution in [0, 0.1) is 0 Å². The largest absolute Gasteiger partial charge is 0.265 e. The van der Waals surface area contributed by atoms with E-state index in [1.807, 2.05) is 18.2 Å². The molecule has 0 saturated carbocycles. The average Bonchev–Trinajstić information content (AvgIpc) is 2.33. The quantitative estimate of drug-likeness (QED) is 0.744. The van der Waals surface area contributed by atoms with Crippen LogP contribution in [0.3, 0.4) is 0 Å². The van der Waals surface area contributed by atoms with E-state index >= 15 is 0 Å². The van der Waals surface area contributed by atoms with E-state index < -0.39 is 0 Å². The van der Waals surface area contributed by atoms with Gasteiger partial charge in [0.2, 0.25) is 0 Å². The second-order valence-electron chi connectivity index (χ2n) is 4.08.